The minimum Gasteiger partial charge on any atom is -0.496 e. The second-order valence-corrected chi connectivity index (χ2v) is 3.31. The highest BCUT2D eigenvalue weighted by atomic mass is 16.5. The molecule has 0 saturated heterocycles. The number of ketones is 1. The Morgan fingerprint density at radius 2 is 1.75 bits per heavy atom. The van der Waals surface area contributed by atoms with Gasteiger partial charge < -0.3 is 9.47 Å². The van der Waals surface area contributed by atoms with Gasteiger partial charge in [-0.05, 0) is 26.0 Å². The van der Waals surface area contributed by atoms with Crippen molar-refractivity contribution in [2.24, 2.45) is 0 Å². The van der Waals surface area contributed by atoms with Crippen molar-refractivity contribution in [3.05, 3.63) is 29.3 Å². The maximum atomic E-state index is 11.6. The van der Waals surface area contributed by atoms with E-state index in [0.29, 0.717) is 17.1 Å². The summed E-state index contributed by atoms with van der Waals surface area (Å²) in [6.45, 7) is 3.41. The molecule has 3 nitrogen and oxygen atoms in total. The SMILES string of the molecule is C/C=C/c1c(OC)ccc(OC)c1C(C)=O. The largest absolute Gasteiger partial charge is 0.496 e. The minimum atomic E-state index is -0.0381. The molecule has 0 aliphatic heterocycles. The van der Waals surface area contributed by atoms with Crippen LogP contribution >= 0.6 is 0 Å². The highest BCUT2D eigenvalue weighted by Crippen LogP contribution is 2.31. The summed E-state index contributed by atoms with van der Waals surface area (Å²) >= 11 is 0. The van der Waals surface area contributed by atoms with E-state index in [4.69, 9.17) is 9.47 Å². The molecule has 0 aliphatic carbocycles. The van der Waals surface area contributed by atoms with Gasteiger partial charge in [0.2, 0.25) is 0 Å². The molecule has 0 unspecified atom stereocenters. The zero-order chi connectivity index (χ0) is 12.1. The van der Waals surface area contributed by atoms with Gasteiger partial charge in [0.1, 0.15) is 11.5 Å². The van der Waals surface area contributed by atoms with Crippen LogP contribution in [0.5, 0.6) is 11.5 Å². The fourth-order valence-electron chi connectivity index (χ4n) is 1.62. The normalized spacial score (nSPS) is 10.5. The first-order valence-electron chi connectivity index (χ1n) is 5.04. The summed E-state index contributed by atoms with van der Waals surface area (Å²) in [5.41, 5.74) is 1.32. The van der Waals surface area contributed by atoms with Gasteiger partial charge in [0.15, 0.2) is 5.78 Å². The van der Waals surface area contributed by atoms with Crippen LogP contribution in [0.3, 0.4) is 0 Å². The van der Waals surface area contributed by atoms with Gasteiger partial charge in [0, 0.05) is 5.56 Å². The lowest BCUT2D eigenvalue weighted by atomic mass is 10.0. The van der Waals surface area contributed by atoms with Crippen LogP contribution in [0.15, 0.2) is 18.2 Å². The Kier molecular flexibility index (Phi) is 4.11. The van der Waals surface area contributed by atoms with Crippen molar-refractivity contribution in [3.63, 3.8) is 0 Å². The average Bonchev–Trinajstić information content (AvgIpc) is 2.28. The number of hydrogen-bond acceptors (Lipinski definition) is 3. The summed E-state index contributed by atoms with van der Waals surface area (Å²) < 4.78 is 10.4. The number of allylic oxidation sites excluding steroid dienone is 1. The van der Waals surface area contributed by atoms with Crippen LogP contribution in [-0.4, -0.2) is 20.0 Å². The summed E-state index contributed by atoms with van der Waals surface area (Å²) in [6.07, 6.45) is 3.71. The van der Waals surface area contributed by atoms with Crippen molar-refractivity contribution in [2.75, 3.05) is 14.2 Å². The molecule has 0 fully saturated rings. The Labute approximate surface area is 95.7 Å². The molecular weight excluding hydrogens is 204 g/mol. The highest BCUT2D eigenvalue weighted by molar-refractivity contribution is 6.01. The van der Waals surface area contributed by atoms with Crippen LogP contribution in [-0.2, 0) is 0 Å². The average molecular weight is 220 g/mol. The van der Waals surface area contributed by atoms with E-state index < -0.39 is 0 Å². The van der Waals surface area contributed by atoms with Crippen LogP contribution < -0.4 is 9.47 Å². The molecule has 0 aromatic heterocycles. The van der Waals surface area contributed by atoms with E-state index >= 15 is 0 Å². The number of methoxy groups -OCH3 is 2. The number of benzene rings is 1. The molecule has 0 spiro atoms. The minimum absolute atomic E-state index is 0.0381. The first-order chi connectivity index (χ1) is 7.65. The molecule has 0 amide bonds. The molecule has 1 aromatic carbocycles. The number of rotatable bonds is 4. The van der Waals surface area contributed by atoms with Crippen LogP contribution in [0.1, 0.15) is 29.8 Å². The van der Waals surface area contributed by atoms with E-state index in [1.165, 1.54) is 6.92 Å². The molecule has 1 aromatic rings. The number of hydrogen-bond donors (Lipinski definition) is 0. The van der Waals surface area contributed by atoms with E-state index in [9.17, 15) is 4.79 Å². The Hall–Kier alpha value is -1.77. The summed E-state index contributed by atoms with van der Waals surface area (Å²) in [5.74, 6) is 1.20. The van der Waals surface area contributed by atoms with Crippen molar-refractivity contribution in [3.8, 4) is 11.5 Å². The Balaban J connectivity index is 3.52. The second-order valence-electron chi connectivity index (χ2n) is 3.31. The summed E-state index contributed by atoms with van der Waals surface area (Å²) in [5, 5.41) is 0. The lowest BCUT2D eigenvalue weighted by Gasteiger charge is -2.12. The molecule has 0 aliphatic rings. The Morgan fingerprint density at radius 3 is 2.19 bits per heavy atom. The summed E-state index contributed by atoms with van der Waals surface area (Å²) in [7, 11) is 3.13. The van der Waals surface area contributed by atoms with E-state index in [1.807, 2.05) is 19.1 Å². The smallest absolute Gasteiger partial charge is 0.164 e. The number of ether oxygens (including phenoxy) is 2. The number of carbonyl (C=O) groups is 1. The van der Waals surface area contributed by atoms with Crippen LogP contribution in [0.25, 0.3) is 6.08 Å². The summed E-state index contributed by atoms with van der Waals surface area (Å²) in [6, 6.07) is 3.53. The van der Waals surface area contributed by atoms with Crippen molar-refractivity contribution >= 4 is 11.9 Å². The topological polar surface area (TPSA) is 35.5 Å². The molecule has 0 N–H and O–H groups in total. The zero-order valence-electron chi connectivity index (χ0n) is 10.0. The molecule has 3 heteroatoms. The Bertz CT molecular complexity index is 419. The van der Waals surface area contributed by atoms with Gasteiger partial charge in [-0.1, -0.05) is 12.2 Å². The Morgan fingerprint density at radius 1 is 1.19 bits per heavy atom. The lowest BCUT2D eigenvalue weighted by molar-refractivity contribution is 0.101. The third-order valence-electron chi connectivity index (χ3n) is 2.29. The fraction of sp³-hybridized carbons (Fsp3) is 0.308. The molecule has 0 radical (unpaired) electrons. The third-order valence-corrected chi connectivity index (χ3v) is 2.29. The molecule has 1 rings (SSSR count). The van der Waals surface area contributed by atoms with Crippen molar-refractivity contribution in [1.82, 2.24) is 0 Å². The highest BCUT2D eigenvalue weighted by Gasteiger charge is 2.16. The zero-order valence-corrected chi connectivity index (χ0v) is 10.0. The van der Waals surface area contributed by atoms with E-state index in [1.54, 1.807) is 26.4 Å². The van der Waals surface area contributed by atoms with Gasteiger partial charge in [0.25, 0.3) is 0 Å². The van der Waals surface area contributed by atoms with Crippen molar-refractivity contribution < 1.29 is 14.3 Å². The van der Waals surface area contributed by atoms with Crippen LogP contribution in [0, 0.1) is 0 Å². The maximum absolute atomic E-state index is 11.6. The molecule has 86 valence electrons. The van der Waals surface area contributed by atoms with Crippen molar-refractivity contribution in [1.29, 1.82) is 0 Å². The van der Waals surface area contributed by atoms with Gasteiger partial charge in [-0.25, -0.2) is 0 Å². The molecule has 0 bridgehead atoms. The quantitative estimate of drug-likeness (QED) is 0.732. The van der Waals surface area contributed by atoms with Crippen molar-refractivity contribution in [2.45, 2.75) is 13.8 Å². The monoisotopic (exact) mass is 220 g/mol. The molecule has 0 heterocycles. The predicted molar refractivity (Wildman–Crippen MR) is 64.3 cm³/mol. The van der Waals surface area contributed by atoms with Gasteiger partial charge in [-0.15, -0.1) is 0 Å². The number of Topliss-reactive ketones (excluding diaryl/α,β-unsaturated/α-hetero) is 1. The van der Waals surface area contributed by atoms with E-state index in [-0.39, 0.29) is 5.78 Å². The van der Waals surface area contributed by atoms with Crippen LogP contribution in [0.4, 0.5) is 0 Å². The first-order valence-corrected chi connectivity index (χ1v) is 5.04. The van der Waals surface area contributed by atoms with E-state index in [0.717, 1.165) is 5.56 Å². The fourth-order valence-corrected chi connectivity index (χ4v) is 1.62. The molecule has 16 heavy (non-hydrogen) atoms. The second kappa shape index (κ2) is 5.35. The van der Waals surface area contributed by atoms with Gasteiger partial charge in [0.05, 0.1) is 19.8 Å². The van der Waals surface area contributed by atoms with Gasteiger partial charge >= 0.3 is 0 Å². The van der Waals surface area contributed by atoms with Crippen LogP contribution in [0.2, 0.25) is 0 Å². The molecule has 0 atom stereocenters. The molecule has 0 saturated carbocycles. The summed E-state index contributed by atoms with van der Waals surface area (Å²) in [4.78, 5) is 11.6. The lowest BCUT2D eigenvalue weighted by Crippen LogP contribution is -2.02. The van der Waals surface area contributed by atoms with Gasteiger partial charge in [-0.2, -0.15) is 0 Å². The molecular formula is C13H16O3. The number of carbonyl (C=O) groups excluding carboxylic acids is 1. The standard InChI is InChI=1S/C13H16O3/c1-5-6-10-11(15-3)7-8-12(16-4)13(10)9(2)14/h5-8H,1-4H3/b6-5+. The predicted octanol–water partition coefficient (Wildman–Crippen LogP) is 2.94. The maximum Gasteiger partial charge on any atom is 0.164 e. The van der Waals surface area contributed by atoms with E-state index in [2.05, 4.69) is 0 Å². The first kappa shape index (κ1) is 12.3. The van der Waals surface area contributed by atoms with Gasteiger partial charge in [-0.3, -0.25) is 4.79 Å². The third kappa shape index (κ3) is 2.24.